The largest absolute Gasteiger partial charge is 0.463 e. The Morgan fingerprint density at radius 3 is 2.75 bits per heavy atom. The number of aryl methyl sites for hydroxylation is 1. The van der Waals surface area contributed by atoms with E-state index < -0.39 is 6.04 Å². The molecule has 1 unspecified atom stereocenters. The molecule has 1 aromatic carbocycles. The Morgan fingerprint density at radius 2 is 2.03 bits per heavy atom. The minimum Gasteiger partial charge on any atom is -0.463 e. The summed E-state index contributed by atoms with van der Waals surface area (Å²) in [7, 11) is 0. The molecule has 0 fully saturated rings. The van der Waals surface area contributed by atoms with E-state index >= 15 is 0 Å². The van der Waals surface area contributed by atoms with Crippen LogP contribution < -0.4 is 10.5 Å². The van der Waals surface area contributed by atoms with E-state index in [-0.39, 0.29) is 11.1 Å². The molecule has 0 saturated carbocycles. The van der Waals surface area contributed by atoms with Gasteiger partial charge in [0.1, 0.15) is 13.1 Å². The van der Waals surface area contributed by atoms with Crippen LogP contribution in [-0.2, 0) is 18.6 Å². The van der Waals surface area contributed by atoms with Crippen LogP contribution in [0.3, 0.4) is 0 Å². The fourth-order valence-corrected chi connectivity index (χ4v) is 5.35. The predicted octanol–water partition coefficient (Wildman–Crippen LogP) is 4.00. The average molecular weight is 504 g/mol. The summed E-state index contributed by atoms with van der Waals surface area (Å²) in [6, 6.07) is 15.7. The quantitative estimate of drug-likeness (QED) is 0.317. The number of H-pyrrole nitrogens is 1. The van der Waals surface area contributed by atoms with Gasteiger partial charge in [0, 0.05) is 5.52 Å². The molecule has 8 nitrogen and oxygen atoms in total. The number of tetrazole rings is 1. The second-order valence-corrected chi connectivity index (χ2v) is 10.9. The molecule has 9 heteroatoms. The van der Waals surface area contributed by atoms with Gasteiger partial charge in [-0.25, -0.2) is 4.68 Å². The summed E-state index contributed by atoms with van der Waals surface area (Å²) in [6.07, 6.45) is 2.52. The average Bonchev–Trinajstić information content (AvgIpc) is 3.63. The first-order valence-corrected chi connectivity index (χ1v) is 13.1. The van der Waals surface area contributed by atoms with E-state index in [1.807, 2.05) is 35.0 Å². The molecule has 5 aromatic rings. The fourth-order valence-electron chi connectivity index (χ4n) is 4.59. The third kappa shape index (κ3) is 4.76. The van der Waals surface area contributed by atoms with E-state index in [0.29, 0.717) is 24.5 Å². The van der Waals surface area contributed by atoms with Gasteiger partial charge in [-0.3, -0.25) is 4.79 Å². The first-order chi connectivity index (χ1) is 17.4. The summed E-state index contributed by atoms with van der Waals surface area (Å²) < 4.78 is 7.64. The number of aromatic amines is 1. The molecule has 0 amide bonds. The van der Waals surface area contributed by atoms with Crippen LogP contribution in [0.2, 0.25) is 0 Å². The van der Waals surface area contributed by atoms with Crippen LogP contribution in [0.1, 0.15) is 60.8 Å². The highest BCUT2D eigenvalue weighted by molar-refractivity contribution is 7.09. The molecule has 0 spiro atoms. The summed E-state index contributed by atoms with van der Waals surface area (Å²) in [4.78, 5) is 19.0. The maximum Gasteiger partial charge on any atom is 0.258 e. The molecule has 0 aliphatic carbocycles. The van der Waals surface area contributed by atoms with Crippen molar-refractivity contribution in [3.8, 4) is 0 Å². The Morgan fingerprint density at radius 1 is 1.17 bits per heavy atom. The van der Waals surface area contributed by atoms with Crippen molar-refractivity contribution < 1.29 is 9.32 Å². The zero-order valence-corrected chi connectivity index (χ0v) is 21.8. The lowest BCUT2D eigenvalue weighted by molar-refractivity contribution is -0.954. The number of nitrogens with zero attached hydrogens (tertiary/aromatic N) is 4. The smallest absolute Gasteiger partial charge is 0.258 e. The summed E-state index contributed by atoms with van der Waals surface area (Å²) in [5.74, 6) is 1.51. The van der Waals surface area contributed by atoms with Crippen LogP contribution in [0.15, 0.2) is 69.4 Å². The van der Waals surface area contributed by atoms with Crippen LogP contribution in [0.25, 0.3) is 10.9 Å². The number of hydrogen-bond donors (Lipinski definition) is 2. The second kappa shape index (κ2) is 9.83. The molecule has 36 heavy (non-hydrogen) atoms. The van der Waals surface area contributed by atoms with E-state index in [4.69, 9.17) is 4.42 Å². The molecule has 0 aliphatic heterocycles. The lowest BCUT2D eigenvalue weighted by Gasteiger charge is -2.30. The minimum absolute atomic E-state index is 0.136. The van der Waals surface area contributed by atoms with Crippen LogP contribution >= 0.6 is 11.3 Å². The van der Waals surface area contributed by atoms with Crippen LogP contribution in [0, 0.1) is 6.92 Å². The van der Waals surface area contributed by atoms with Gasteiger partial charge in [-0.2, -0.15) is 0 Å². The SMILES string of the molecule is CCC(C)(C)n1nnnc1[C@@H](c1cc2cc(C)ccc2[nH]c1=O)[NH+](Cc1ccco1)Cc1cccs1. The van der Waals surface area contributed by atoms with Gasteiger partial charge in [-0.05, 0) is 84.8 Å². The number of furan rings is 1. The molecule has 4 aromatic heterocycles. The fraction of sp³-hybridized carbons (Fsp3) is 0.333. The minimum atomic E-state index is -0.424. The molecular formula is C27H31N6O2S+. The number of fused-ring (bicyclic) bond motifs is 1. The maximum atomic E-state index is 13.6. The third-order valence-electron chi connectivity index (χ3n) is 6.90. The molecule has 0 radical (unpaired) electrons. The van der Waals surface area contributed by atoms with Gasteiger partial charge in [0.05, 0.1) is 22.2 Å². The van der Waals surface area contributed by atoms with E-state index in [9.17, 15) is 4.79 Å². The monoisotopic (exact) mass is 503 g/mol. The third-order valence-corrected chi connectivity index (χ3v) is 7.78. The number of aromatic nitrogens is 5. The van der Waals surface area contributed by atoms with Crippen molar-refractivity contribution >= 4 is 22.2 Å². The van der Waals surface area contributed by atoms with Crippen molar-refractivity contribution in [3.05, 3.63) is 98.1 Å². The van der Waals surface area contributed by atoms with Crippen LogP contribution in [-0.4, -0.2) is 25.2 Å². The van der Waals surface area contributed by atoms with Gasteiger partial charge in [0.2, 0.25) is 5.82 Å². The zero-order chi connectivity index (χ0) is 25.3. The zero-order valence-electron chi connectivity index (χ0n) is 21.0. The van der Waals surface area contributed by atoms with Crippen molar-refractivity contribution in [2.45, 2.75) is 58.8 Å². The number of quaternary nitrogens is 1. The highest BCUT2D eigenvalue weighted by Gasteiger charge is 2.38. The lowest BCUT2D eigenvalue weighted by atomic mass is 9.98. The first kappa shape index (κ1) is 24.1. The molecule has 5 rings (SSSR count). The Hall–Kier alpha value is -3.56. The van der Waals surface area contributed by atoms with Crippen LogP contribution in [0.4, 0.5) is 0 Å². The molecular weight excluding hydrogens is 472 g/mol. The van der Waals surface area contributed by atoms with Crippen molar-refractivity contribution in [2.75, 3.05) is 0 Å². The summed E-state index contributed by atoms with van der Waals surface area (Å²) >= 11 is 1.70. The number of benzene rings is 1. The van der Waals surface area contributed by atoms with Gasteiger partial charge >= 0.3 is 0 Å². The number of pyridine rings is 1. The Balaban J connectivity index is 1.73. The summed E-state index contributed by atoms with van der Waals surface area (Å²) in [5.41, 5.74) is 2.12. The number of thiophene rings is 1. The Labute approximate surface area is 213 Å². The van der Waals surface area contributed by atoms with Gasteiger partial charge in [0.15, 0.2) is 11.8 Å². The van der Waals surface area contributed by atoms with E-state index in [0.717, 1.165) is 33.5 Å². The van der Waals surface area contributed by atoms with Crippen molar-refractivity contribution in [3.63, 3.8) is 0 Å². The highest BCUT2D eigenvalue weighted by Crippen LogP contribution is 2.26. The Kier molecular flexibility index (Phi) is 6.59. The molecule has 2 N–H and O–H groups in total. The van der Waals surface area contributed by atoms with Gasteiger partial charge in [0.25, 0.3) is 5.56 Å². The summed E-state index contributed by atoms with van der Waals surface area (Å²) in [6.45, 7) is 9.66. The van der Waals surface area contributed by atoms with Gasteiger partial charge in [-0.1, -0.05) is 24.6 Å². The second-order valence-electron chi connectivity index (χ2n) is 9.86. The number of nitrogens with one attached hydrogen (secondary N) is 2. The van der Waals surface area contributed by atoms with E-state index in [2.05, 4.69) is 71.8 Å². The first-order valence-electron chi connectivity index (χ1n) is 12.2. The Bertz CT molecular complexity index is 1460. The standard InChI is InChI=1S/C27H30N6O2S/c1-5-27(3,4)33-25(29-30-31-33)24(22-15-19-14-18(2)10-11-23(19)28-26(22)34)32(16-20-8-6-12-35-20)17-21-9-7-13-36-21/h6-15,24H,5,16-17H2,1-4H3,(H,28,34)/p+1/t24-/m1/s1. The molecule has 0 aliphatic rings. The topological polar surface area (TPSA) is 94.0 Å². The highest BCUT2D eigenvalue weighted by atomic mass is 32.1. The summed E-state index contributed by atoms with van der Waals surface area (Å²) in [5, 5.41) is 16.1. The molecule has 4 heterocycles. The van der Waals surface area contributed by atoms with Gasteiger partial charge in [-0.15, -0.1) is 16.4 Å². The van der Waals surface area contributed by atoms with E-state index in [1.165, 1.54) is 4.88 Å². The molecule has 186 valence electrons. The van der Waals surface area contributed by atoms with Crippen LogP contribution in [0.5, 0.6) is 0 Å². The molecule has 0 bridgehead atoms. The molecule has 0 saturated heterocycles. The maximum absolute atomic E-state index is 13.6. The normalized spacial score (nSPS) is 13.8. The predicted molar refractivity (Wildman–Crippen MR) is 140 cm³/mol. The van der Waals surface area contributed by atoms with Crippen molar-refractivity contribution in [1.29, 1.82) is 0 Å². The van der Waals surface area contributed by atoms with E-state index in [1.54, 1.807) is 17.6 Å². The lowest BCUT2D eigenvalue weighted by Crippen LogP contribution is -3.10. The van der Waals surface area contributed by atoms with Crippen molar-refractivity contribution in [1.82, 2.24) is 25.2 Å². The van der Waals surface area contributed by atoms with Gasteiger partial charge < -0.3 is 14.3 Å². The number of hydrogen-bond acceptors (Lipinski definition) is 6. The molecule has 2 atom stereocenters. The van der Waals surface area contributed by atoms with Crippen molar-refractivity contribution in [2.24, 2.45) is 0 Å². The number of rotatable bonds is 9.